The Labute approximate surface area is 91.1 Å². The molecule has 1 heterocycles. The molecule has 1 aromatic heterocycles. The zero-order chi connectivity index (χ0) is 10.1. The molecule has 0 aliphatic carbocycles. The van der Waals surface area contributed by atoms with Crippen molar-refractivity contribution in [3.63, 3.8) is 0 Å². The SMILES string of the molecule is Cc1nc(-c2ccc(Cl)cc2Cl)n[nH]1. The first-order valence-electron chi connectivity index (χ1n) is 4.01. The van der Waals surface area contributed by atoms with Crippen molar-refractivity contribution in [3.8, 4) is 11.4 Å². The monoisotopic (exact) mass is 227 g/mol. The molecule has 0 unspecified atom stereocenters. The zero-order valence-corrected chi connectivity index (χ0v) is 8.89. The molecule has 0 radical (unpaired) electrons. The third-order valence-corrected chi connectivity index (χ3v) is 2.32. The number of hydrogen-bond donors (Lipinski definition) is 1. The molecule has 72 valence electrons. The third kappa shape index (κ3) is 1.74. The maximum Gasteiger partial charge on any atom is 0.182 e. The largest absolute Gasteiger partial charge is 0.263 e. The highest BCUT2D eigenvalue weighted by molar-refractivity contribution is 6.36. The van der Waals surface area contributed by atoms with Crippen LogP contribution in [0.1, 0.15) is 5.82 Å². The minimum atomic E-state index is 0.552. The van der Waals surface area contributed by atoms with Crippen molar-refractivity contribution < 1.29 is 0 Å². The lowest BCUT2D eigenvalue weighted by molar-refractivity contribution is 1.04. The van der Waals surface area contributed by atoms with E-state index in [1.165, 1.54) is 0 Å². The molecule has 3 nitrogen and oxygen atoms in total. The summed E-state index contributed by atoms with van der Waals surface area (Å²) in [4.78, 5) is 4.18. The van der Waals surface area contributed by atoms with Gasteiger partial charge in [-0.05, 0) is 25.1 Å². The summed E-state index contributed by atoms with van der Waals surface area (Å²) in [7, 11) is 0. The summed E-state index contributed by atoms with van der Waals surface area (Å²) in [6.45, 7) is 1.83. The van der Waals surface area contributed by atoms with Crippen LogP contribution in [-0.2, 0) is 0 Å². The molecule has 0 aliphatic rings. The van der Waals surface area contributed by atoms with Gasteiger partial charge < -0.3 is 0 Å². The number of rotatable bonds is 1. The summed E-state index contributed by atoms with van der Waals surface area (Å²) < 4.78 is 0. The standard InChI is InChI=1S/C9H7Cl2N3/c1-5-12-9(14-13-5)7-3-2-6(10)4-8(7)11/h2-4H,1H3,(H,12,13,14). The molecule has 0 amide bonds. The van der Waals surface area contributed by atoms with Crippen LogP contribution in [0.3, 0.4) is 0 Å². The van der Waals surface area contributed by atoms with Crippen molar-refractivity contribution in [1.82, 2.24) is 15.2 Å². The number of aromatic nitrogens is 3. The minimum Gasteiger partial charge on any atom is -0.263 e. The van der Waals surface area contributed by atoms with E-state index in [0.717, 1.165) is 11.4 Å². The van der Waals surface area contributed by atoms with Crippen molar-refractivity contribution in [1.29, 1.82) is 0 Å². The molecule has 0 fully saturated rings. The average Bonchev–Trinajstić information content (AvgIpc) is 2.51. The van der Waals surface area contributed by atoms with Gasteiger partial charge >= 0.3 is 0 Å². The quantitative estimate of drug-likeness (QED) is 0.814. The Morgan fingerprint density at radius 2 is 2.07 bits per heavy atom. The Balaban J connectivity index is 2.52. The number of halogens is 2. The first-order chi connectivity index (χ1) is 6.66. The van der Waals surface area contributed by atoms with Crippen LogP contribution < -0.4 is 0 Å². The molecule has 1 N–H and O–H groups in total. The van der Waals surface area contributed by atoms with Crippen molar-refractivity contribution in [2.24, 2.45) is 0 Å². The number of nitrogens with zero attached hydrogens (tertiary/aromatic N) is 2. The van der Waals surface area contributed by atoms with E-state index >= 15 is 0 Å². The molecule has 0 atom stereocenters. The van der Waals surface area contributed by atoms with Gasteiger partial charge in [-0.25, -0.2) is 4.98 Å². The summed E-state index contributed by atoms with van der Waals surface area (Å²) in [5.74, 6) is 1.34. The van der Waals surface area contributed by atoms with Crippen LogP contribution in [0.5, 0.6) is 0 Å². The number of H-pyrrole nitrogens is 1. The summed E-state index contributed by atoms with van der Waals surface area (Å²) >= 11 is 11.8. The smallest absolute Gasteiger partial charge is 0.182 e. The van der Waals surface area contributed by atoms with Gasteiger partial charge in [0.1, 0.15) is 5.82 Å². The summed E-state index contributed by atoms with van der Waals surface area (Å²) in [6, 6.07) is 5.23. The van der Waals surface area contributed by atoms with Crippen LogP contribution in [0.2, 0.25) is 10.0 Å². The lowest BCUT2D eigenvalue weighted by atomic mass is 10.2. The van der Waals surface area contributed by atoms with Crippen molar-refractivity contribution in [2.75, 3.05) is 0 Å². The lowest BCUT2D eigenvalue weighted by Gasteiger charge is -1.98. The molecule has 0 saturated carbocycles. The highest BCUT2D eigenvalue weighted by atomic mass is 35.5. The van der Waals surface area contributed by atoms with E-state index < -0.39 is 0 Å². The van der Waals surface area contributed by atoms with Crippen molar-refractivity contribution in [2.45, 2.75) is 6.92 Å². The second-order valence-corrected chi connectivity index (χ2v) is 3.71. The van der Waals surface area contributed by atoms with Gasteiger partial charge in [0.25, 0.3) is 0 Å². The number of benzene rings is 1. The van der Waals surface area contributed by atoms with E-state index in [4.69, 9.17) is 23.2 Å². The Bertz CT molecular complexity index is 465. The predicted octanol–water partition coefficient (Wildman–Crippen LogP) is 3.09. The maximum absolute atomic E-state index is 5.99. The number of aryl methyl sites for hydroxylation is 1. The van der Waals surface area contributed by atoms with Gasteiger partial charge in [0.2, 0.25) is 0 Å². The zero-order valence-electron chi connectivity index (χ0n) is 7.38. The van der Waals surface area contributed by atoms with E-state index in [0.29, 0.717) is 15.9 Å². The van der Waals surface area contributed by atoms with Gasteiger partial charge in [0, 0.05) is 10.6 Å². The van der Waals surface area contributed by atoms with Crippen LogP contribution in [0, 0.1) is 6.92 Å². The molecule has 2 rings (SSSR count). The summed E-state index contributed by atoms with van der Waals surface area (Å²) in [5.41, 5.74) is 0.778. The van der Waals surface area contributed by atoms with E-state index in [9.17, 15) is 0 Å². The van der Waals surface area contributed by atoms with E-state index in [1.54, 1.807) is 18.2 Å². The second-order valence-electron chi connectivity index (χ2n) is 2.87. The van der Waals surface area contributed by atoms with Crippen molar-refractivity contribution in [3.05, 3.63) is 34.1 Å². The van der Waals surface area contributed by atoms with Crippen LogP contribution in [-0.4, -0.2) is 15.2 Å². The highest BCUT2D eigenvalue weighted by Gasteiger charge is 2.08. The normalized spacial score (nSPS) is 10.5. The van der Waals surface area contributed by atoms with Gasteiger partial charge in [-0.3, -0.25) is 5.10 Å². The predicted molar refractivity (Wildman–Crippen MR) is 56.6 cm³/mol. The number of nitrogens with one attached hydrogen (secondary N) is 1. The van der Waals surface area contributed by atoms with Gasteiger partial charge in [0.15, 0.2) is 5.82 Å². The molecular formula is C9H7Cl2N3. The van der Waals surface area contributed by atoms with Crippen LogP contribution in [0.25, 0.3) is 11.4 Å². The number of aromatic amines is 1. The first kappa shape index (κ1) is 9.49. The topological polar surface area (TPSA) is 41.6 Å². The molecule has 0 bridgehead atoms. The van der Waals surface area contributed by atoms with E-state index in [2.05, 4.69) is 15.2 Å². The second kappa shape index (κ2) is 3.59. The summed E-state index contributed by atoms with van der Waals surface area (Å²) in [5, 5.41) is 7.92. The fourth-order valence-electron chi connectivity index (χ4n) is 1.13. The maximum atomic E-state index is 5.99. The molecule has 5 heteroatoms. The molecular weight excluding hydrogens is 221 g/mol. The number of hydrogen-bond acceptors (Lipinski definition) is 2. The van der Waals surface area contributed by atoms with Crippen molar-refractivity contribution >= 4 is 23.2 Å². The fraction of sp³-hybridized carbons (Fsp3) is 0.111. The molecule has 0 aliphatic heterocycles. The van der Waals surface area contributed by atoms with Crippen LogP contribution in [0.15, 0.2) is 18.2 Å². The first-order valence-corrected chi connectivity index (χ1v) is 4.77. The van der Waals surface area contributed by atoms with Gasteiger partial charge in [-0.2, -0.15) is 5.10 Å². The average molecular weight is 228 g/mol. The fourth-order valence-corrected chi connectivity index (χ4v) is 1.63. The highest BCUT2D eigenvalue weighted by Crippen LogP contribution is 2.27. The molecule has 0 saturated heterocycles. The van der Waals surface area contributed by atoms with E-state index in [1.807, 2.05) is 6.92 Å². The Hall–Kier alpha value is -1.06. The van der Waals surface area contributed by atoms with Crippen LogP contribution in [0.4, 0.5) is 0 Å². The molecule has 14 heavy (non-hydrogen) atoms. The molecule has 1 aromatic carbocycles. The van der Waals surface area contributed by atoms with Gasteiger partial charge in [-0.1, -0.05) is 23.2 Å². The Kier molecular flexibility index (Phi) is 2.44. The van der Waals surface area contributed by atoms with Gasteiger partial charge in [0.05, 0.1) is 5.02 Å². The lowest BCUT2D eigenvalue weighted by Crippen LogP contribution is -1.82. The molecule has 2 aromatic rings. The molecule has 0 spiro atoms. The summed E-state index contributed by atoms with van der Waals surface area (Å²) in [6.07, 6.45) is 0. The Morgan fingerprint density at radius 3 is 2.64 bits per heavy atom. The third-order valence-electron chi connectivity index (χ3n) is 1.77. The van der Waals surface area contributed by atoms with Gasteiger partial charge in [-0.15, -0.1) is 0 Å². The minimum absolute atomic E-state index is 0.552. The van der Waals surface area contributed by atoms with Crippen LogP contribution >= 0.6 is 23.2 Å². The Morgan fingerprint density at radius 1 is 1.29 bits per heavy atom. The van der Waals surface area contributed by atoms with E-state index in [-0.39, 0.29) is 0 Å².